The summed E-state index contributed by atoms with van der Waals surface area (Å²) in [6.45, 7) is 3.52. The third kappa shape index (κ3) is 12.9. The van der Waals surface area contributed by atoms with Crippen molar-refractivity contribution < 1.29 is 28.9 Å². The van der Waals surface area contributed by atoms with Gasteiger partial charge in [-0.2, -0.15) is 0 Å². The molecule has 0 atom stereocenters. The molecule has 1 amide bonds. The molecule has 0 spiro atoms. The van der Waals surface area contributed by atoms with E-state index in [0.717, 1.165) is 6.42 Å². The van der Waals surface area contributed by atoms with Gasteiger partial charge in [-0.3, -0.25) is 4.79 Å². The van der Waals surface area contributed by atoms with Gasteiger partial charge < -0.3 is 24.6 Å². The highest BCUT2D eigenvalue weighted by Gasteiger charge is 1.99. The normalized spacial score (nSPS) is 10.3. The first-order valence-electron chi connectivity index (χ1n) is 5.88. The van der Waals surface area contributed by atoms with Crippen LogP contribution in [0.5, 0.6) is 0 Å². The smallest absolute Gasteiger partial charge is 0.329 e. The predicted octanol–water partition coefficient (Wildman–Crippen LogP) is -0.353. The fourth-order valence-electron chi connectivity index (χ4n) is 0.978. The van der Waals surface area contributed by atoms with Gasteiger partial charge in [0.1, 0.15) is 13.2 Å². The molecule has 0 aliphatic carbocycles. The number of ether oxygens (including phenoxy) is 3. The van der Waals surface area contributed by atoms with Crippen LogP contribution in [0.2, 0.25) is 0 Å². The zero-order valence-corrected chi connectivity index (χ0v) is 10.6. The second kappa shape index (κ2) is 12.3. The number of amides is 1. The second-order valence-electron chi connectivity index (χ2n) is 3.46. The Balaban J connectivity index is 3.11. The Kier molecular flexibility index (Phi) is 11.5. The van der Waals surface area contributed by atoms with Gasteiger partial charge in [-0.1, -0.05) is 6.92 Å². The van der Waals surface area contributed by atoms with Gasteiger partial charge >= 0.3 is 5.97 Å². The molecule has 7 nitrogen and oxygen atoms in total. The molecule has 0 fully saturated rings. The summed E-state index contributed by atoms with van der Waals surface area (Å²) in [4.78, 5) is 21.2. The molecule has 0 saturated heterocycles. The summed E-state index contributed by atoms with van der Waals surface area (Å²) in [5, 5.41) is 11.0. The predicted molar refractivity (Wildman–Crippen MR) is 63.4 cm³/mol. The standard InChI is InChI=1S/C11H21NO6/c1-2-3-12-10(13)8-17-6-4-16-5-7-18-9-11(14)15/h2-9H2,1H3,(H,12,13)(H,14,15). The third-order valence-corrected chi connectivity index (χ3v) is 1.77. The molecule has 7 heteroatoms. The van der Waals surface area contributed by atoms with Gasteiger partial charge in [0.05, 0.1) is 26.4 Å². The van der Waals surface area contributed by atoms with E-state index in [0.29, 0.717) is 26.4 Å². The molecule has 0 saturated carbocycles. The Labute approximate surface area is 106 Å². The maximum Gasteiger partial charge on any atom is 0.329 e. The number of hydrogen-bond donors (Lipinski definition) is 2. The van der Waals surface area contributed by atoms with Crippen LogP contribution in [0.3, 0.4) is 0 Å². The molecule has 0 aromatic rings. The molecule has 0 unspecified atom stereocenters. The number of carboxylic acid groups (broad SMARTS) is 1. The largest absolute Gasteiger partial charge is 0.480 e. The molecule has 0 bridgehead atoms. The minimum absolute atomic E-state index is 0.0267. The summed E-state index contributed by atoms with van der Waals surface area (Å²) in [7, 11) is 0. The van der Waals surface area contributed by atoms with E-state index in [1.165, 1.54) is 0 Å². The zero-order valence-electron chi connectivity index (χ0n) is 10.6. The fourth-order valence-corrected chi connectivity index (χ4v) is 0.978. The molecule has 0 rings (SSSR count). The van der Waals surface area contributed by atoms with Crippen LogP contribution in [-0.2, 0) is 23.8 Å². The number of carbonyl (C=O) groups excluding carboxylic acids is 1. The topological polar surface area (TPSA) is 94.1 Å². The van der Waals surface area contributed by atoms with Crippen LogP contribution < -0.4 is 5.32 Å². The van der Waals surface area contributed by atoms with Gasteiger partial charge in [-0.25, -0.2) is 4.79 Å². The Bertz CT molecular complexity index is 234. The highest BCUT2D eigenvalue weighted by atomic mass is 16.5. The number of aliphatic carboxylic acids is 1. The highest BCUT2D eigenvalue weighted by molar-refractivity contribution is 5.77. The maximum atomic E-state index is 11.1. The van der Waals surface area contributed by atoms with E-state index in [1.807, 2.05) is 6.92 Å². The van der Waals surface area contributed by atoms with Crippen LogP contribution in [0.25, 0.3) is 0 Å². The summed E-state index contributed by atoms with van der Waals surface area (Å²) >= 11 is 0. The number of carbonyl (C=O) groups is 2. The van der Waals surface area contributed by atoms with Crippen molar-refractivity contribution in [3.8, 4) is 0 Å². The maximum absolute atomic E-state index is 11.1. The molecule has 0 radical (unpaired) electrons. The first kappa shape index (κ1) is 16.8. The van der Waals surface area contributed by atoms with E-state index in [-0.39, 0.29) is 25.7 Å². The van der Waals surface area contributed by atoms with Crippen LogP contribution in [0.15, 0.2) is 0 Å². The summed E-state index contributed by atoms with van der Waals surface area (Å²) in [6, 6.07) is 0. The van der Waals surface area contributed by atoms with E-state index >= 15 is 0 Å². The lowest BCUT2D eigenvalue weighted by Crippen LogP contribution is -2.28. The zero-order chi connectivity index (χ0) is 13.6. The van der Waals surface area contributed by atoms with Gasteiger partial charge in [-0.05, 0) is 6.42 Å². The Morgan fingerprint density at radius 3 is 2.11 bits per heavy atom. The van der Waals surface area contributed by atoms with E-state index in [1.54, 1.807) is 0 Å². The number of hydrogen-bond acceptors (Lipinski definition) is 5. The van der Waals surface area contributed by atoms with Gasteiger partial charge in [0.2, 0.25) is 5.91 Å². The van der Waals surface area contributed by atoms with Crippen LogP contribution in [0.1, 0.15) is 13.3 Å². The molecule has 2 N–H and O–H groups in total. The van der Waals surface area contributed by atoms with Crippen LogP contribution in [0.4, 0.5) is 0 Å². The van der Waals surface area contributed by atoms with E-state index in [2.05, 4.69) is 5.32 Å². The van der Waals surface area contributed by atoms with Crippen LogP contribution >= 0.6 is 0 Å². The van der Waals surface area contributed by atoms with E-state index < -0.39 is 5.97 Å². The summed E-state index contributed by atoms with van der Waals surface area (Å²) in [6.07, 6.45) is 0.894. The Morgan fingerprint density at radius 1 is 1.00 bits per heavy atom. The number of rotatable bonds is 12. The lowest BCUT2D eigenvalue weighted by Gasteiger charge is -2.06. The van der Waals surface area contributed by atoms with Gasteiger partial charge in [0.15, 0.2) is 0 Å². The van der Waals surface area contributed by atoms with Crippen LogP contribution in [0, 0.1) is 0 Å². The molecular weight excluding hydrogens is 242 g/mol. The molecule has 18 heavy (non-hydrogen) atoms. The fraction of sp³-hybridized carbons (Fsp3) is 0.818. The van der Waals surface area contributed by atoms with Gasteiger partial charge in [0, 0.05) is 6.54 Å². The van der Waals surface area contributed by atoms with Crippen molar-refractivity contribution in [2.75, 3.05) is 46.2 Å². The van der Waals surface area contributed by atoms with Crippen molar-refractivity contribution in [1.29, 1.82) is 0 Å². The minimum atomic E-state index is -1.00. The molecular formula is C11H21NO6. The van der Waals surface area contributed by atoms with Crippen molar-refractivity contribution >= 4 is 11.9 Å². The molecule has 106 valence electrons. The second-order valence-corrected chi connectivity index (χ2v) is 3.46. The van der Waals surface area contributed by atoms with Crippen molar-refractivity contribution in [3.05, 3.63) is 0 Å². The monoisotopic (exact) mass is 263 g/mol. The van der Waals surface area contributed by atoms with E-state index in [9.17, 15) is 9.59 Å². The Morgan fingerprint density at radius 2 is 1.56 bits per heavy atom. The summed E-state index contributed by atoms with van der Waals surface area (Å²) in [5.74, 6) is -1.14. The molecule has 0 aliphatic rings. The average Bonchev–Trinajstić information content (AvgIpc) is 2.34. The minimum Gasteiger partial charge on any atom is -0.480 e. The van der Waals surface area contributed by atoms with E-state index in [4.69, 9.17) is 19.3 Å². The molecule has 0 aromatic carbocycles. The van der Waals surface area contributed by atoms with Gasteiger partial charge in [0.25, 0.3) is 0 Å². The lowest BCUT2D eigenvalue weighted by molar-refractivity contribution is -0.142. The van der Waals surface area contributed by atoms with Crippen molar-refractivity contribution in [2.45, 2.75) is 13.3 Å². The quantitative estimate of drug-likeness (QED) is 0.467. The Hall–Kier alpha value is -1.18. The van der Waals surface area contributed by atoms with Crippen molar-refractivity contribution in [3.63, 3.8) is 0 Å². The molecule has 0 aromatic heterocycles. The SMILES string of the molecule is CCCNC(=O)COCCOCCOCC(=O)O. The van der Waals surface area contributed by atoms with Gasteiger partial charge in [-0.15, -0.1) is 0 Å². The van der Waals surface area contributed by atoms with Crippen molar-refractivity contribution in [2.24, 2.45) is 0 Å². The number of carboxylic acids is 1. The molecule has 0 heterocycles. The number of nitrogens with one attached hydrogen (secondary N) is 1. The third-order valence-electron chi connectivity index (χ3n) is 1.77. The first-order chi connectivity index (χ1) is 8.66. The highest BCUT2D eigenvalue weighted by Crippen LogP contribution is 1.82. The van der Waals surface area contributed by atoms with Crippen LogP contribution in [-0.4, -0.2) is 63.2 Å². The lowest BCUT2D eigenvalue weighted by atomic mass is 10.5. The van der Waals surface area contributed by atoms with Crippen molar-refractivity contribution in [1.82, 2.24) is 5.32 Å². The average molecular weight is 263 g/mol. The first-order valence-corrected chi connectivity index (χ1v) is 5.88. The molecule has 0 aliphatic heterocycles. The summed E-state index contributed by atoms with van der Waals surface area (Å²) in [5.41, 5.74) is 0. The summed E-state index contributed by atoms with van der Waals surface area (Å²) < 4.78 is 14.9.